The van der Waals surface area contributed by atoms with Crippen molar-refractivity contribution in [2.45, 2.75) is 44.9 Å². The van der Waals surface area contributed by atoms with E-state index < -0.39 is 5.97 Å². The highest BCUT2D eigenvalue weighted by Gasteiger charge is 2.28. The molecule has 0 aromatic carbocycles. The van der Waals surface area contributed by atoms with Crippen molar-refractivity contribution in [3.05, 3.63) is 15.6 Å². The number of nitrogens with zero attached hydrogens (tertiary/aromatic N) is 1. The molecule has 1 heterocycles. The molecule has 0 saturated heterocycles. The summed E-state index contributed by atoms with van der Waals surface area (Å²) < 4.78 is 0. The van der Waals surface area contributed by atoms with Gasteiger partial charge in [0.2, 0.25) is 0 Å². The van der Waals surface area contributed by atoms with Crippen molar-refractivity contribution in [1.29, 1.82) is 0 Å². The quantitative estimate of drug-likeness (QED) is 0.859. The first-order chi connectivity index (χ1) is 7.09. The van der Waals surface area contributed by atoms with Crippen molar-refractivity contribution >= 4 is 17.3 Å². The maximum Gasteiger partial charge on any atom is 0.355 e. The van der Waals surface area contributed by atoms with E-state index in [2.05, 4.69) is 18.8 Å². The molecule has 1 aromatic heterocycles. The monoisotopic (exact) mass is 225 g/mol. The van der Waals surface area contributed by atoms with E-state index in [1.807, 2.05) is 0 Å². The Bertz CT molecular complexity index is 380. The number of hydrogen-bond donors (Lipinski definition) is 1. The predicted molar refractivity (Wildman–Crippen MR) is 59.8 cm³/mol. The summed E-state index contributed by atoms with van der Waals surface area (Å²) in [5.41, 5.74) is 0.299. The van der Waals surface area contributed by atoms with Gasteiger partial charge in [-0.1, -0.05) is 20.3 Å². The van der Waals surface area contributed by atoms with Gasteiger partial charge in [0.25, 0.3) is 0 Å². The molecule has 2 rings (SSSR count). The van der Waals surface area contributed by atoms with E-state index in [-0.39, 0.29) is 0 Å². The van der Waals surface area contributed by atoms with Crippen LogP contribution in [0, 0.1) is 0 Å². The summed E-state index contributed by atoms with van der Waals surface area (Å²) in [5.74, 6) is -0.0944. The van der Waals surface area contributed by atoms with E-state index in [0.29, 0.717) is 17.5 Å². The zero-order valence-corrected chi connectivity index (χ0v) is 9.80. The molecule has 0 spiro atoms. The maximum atomic E-state index is 11.0. The van der Waals surface area contributed by atoms with Crippen molar-refractivity contribution in [2.75, 3.05) is 0 Å². The van der Waals surface area contributed by atoms with Gasteiger partial charge in [-0.2, -0.15) is 0 Å². The third-order valence-electron chi connectivity index (χ3n) is 2.84. The van der Waals surface area contributed by atoms with Crippen LogP contribution in [0.5, 0.6) is 0 Å². The first-order valence-electron chi connectivity index (χ1n) is 5.33. The van der Waals surface area contributed by atoms with Crippen molar-refractivity contribution in [1.82, 2.24) is 4.98 Å². The molecule has 1 aliphatic rings. The van der Waals surface area contributed by atoms with Crippen LogP contribution in [0.1, 0.15) is 65.3 Å². The molecule has 1 N–H and O–H groups in total. The molecule has 4 heteroatoms. The van der Waals surface area contributed by atoms with Crippen LogP contribution < -0.4 is 0 Å². The van der Waals surface area contributed by atoms with Gasteiger partial charge in [-0.05, 0) is 18.8 Å². The Labute approximate surface area is 93.2 Å². The van der Waals surface area contributed by atoms with Gasteiger partial charge in [0.1, 0.15) is 0 Å². The summed E-state index contributed by atoms with van der Waals surface area (Å²) in [7, 11) is 0. The lowest BCUT2D eigenvalue weighted by Crippen LogP contribution is -2.11. The van der Waals surface area contributed by atoms with E-state index in [9.17, 15) is 4.79 Å². The molecule has 82 valence electrons. The van der Waals surface area contributed by atoms with Gasteiger partial charge in [0, 0.05) is 10.8 Å². The minimum absolute atomic E-state index is 0.299. The summed E-state index contributed by atoms with van der Waals surface area (Å²) in [4.78, 5) is 16.3. The number of carbonyl (C=O) groups is 1. The van der Waals surface area contributed by atoms with Crippen LogP contribution in [0.4, 0.5) is 0 Å². The van der Waals surface area contributed by atoms with Gasteiger partial charge in [-0.3, -0.25) is 0 Å². The molecule has 1 fully saturated rings. The number of carboxylic acid groups (broad SMARTS) is 1. The van der Waals surface area contributed by atoms with Gasteiger partial charge in [-0.15, -0.1) is 11.3 Å². The topological polar surface area (TPSA) is 50.2 Å². The predicted octanol–water partition coefficient (Wildman–Crippen LogP) is 3.23. The lowest BCUT2D eigenvalue weighted by atomic mass is 9.84. The van der Waals surface area contributed by atoms with Gasteiger partial charge >= 0.3 is 5.97 Å². The minimum Gasteiger partial charge on any atom is -0.476 e. The van der Waals surface area contributed by atoms with E-state index in [0.717, 1.165) is 22.7 Å². The SMILES string of the molecule is CC(C)c1nc(C(=O)O)c(C2CCC2)s1. The summed E-state index contributed by atoms with van der Waals surface area (Å²) in [6, 6.07) is 0. The maximum absolute atomic E-state index is 11.0. The summed E-state index contributed by atoms with van der Waals surface area (Å²) >= 11 is 1.59. The Morgan fingerprint density at radius 1 is 1.53 bits per heavy atom. The number of rotatable bonds is 3. The fourth-order valence-corrected chi connectivity index (χ4v) is 2.93. The number of aromatic carboxylic acids is 1. The fourth-order valence-electron chi connectivity index (χ4n) is 1.70. The molecule has 1 aromatic rings. The smallest absolute Gasteiger partial charge is 0.355 e. The number of aromatic nitrogens is 1. The normalized spacial score (nSPS) is 16.7. The van der Waals surface area contributed by atoms with Crippen molar-refractivity contribution in [2.24, 2.45) is 0 Å². The van der Waals surface area contributed by atoms with Gasteiger partial charge < -0.3 is 5.11 Å². The van der Waals surface area contributed by atoms with Crippen LogP contribution in [0.15, 0.2) is 0 Å². The largest absolute Gasteiger partial charge is 0.476 e. The number of hydrogen-bond acceptors (Lipinski definition) is 3. The molecule has 3 nitrogen and oxygen atoms in total. The molecular weight excluding hydrogens is 210 g/mol. The second kappa shape index (κ2) is 3.93. The van der Waals surface area contributed by atoms with Crippen molar-refractivity contribution in [3.63, 3.8) is 0 Å². The summed E-state index contributed by atoms with van der Waals surface area (Å²) in [5, 5.41) is 10.0. The highest BCUT2D eigenvalue weighted by atomic mass is 32.1. The third kappa shape index (κ3) is 1.91. The fraction of sp³-hybridized carbons (Fsp3) is 0.636. The third-order valence-corrected chi connectivity index (χ3v) is 4.36. The van der Waals surface area contributed by atoms with Gasteiger partial charge in [0.15, 0.2) is 5.69 Å². The molecule has 0 bridgehead atoms. The zero-order chi connectivity index (χ0) is 11.0. The van der Waals surface area contributed by atoms with E-state index in [4.69, 9.17) is 5.11 Å². The average Bonchev–Trinajstić information content (AvgIpc) is 2.45. The summed E-state index contributed by atoms with van der Waals surface area (Å²) in [6.45, 7) is 4.10. The first kappa shape index (κ1) is 10.6. The Morgan fingerprint density at radius 3 is 2.60 bits per heavy atom. The highest BCUT2D eigenvalue weighted by molar-refractivity contribution is 7.12. The molecule has 1 saturated carbocycles. The second-order valence-corrected chi connectivity index (χ2v) is 5.41. The van der Waals surface area contributed by atoms with E-state index in [1.54, 1.807) is 11.3 Å². The first-order valence-corrected chi connectivity index (χ1v) is 6.15. The van der Waals surface area contributed by atoms with Crippen LogP contribution in [0.2, 0.25) is 0 Å². The molecule has 0 radical (unpaired) electrons. The zero-order valence-electron chi connectivity index (χ0n) is 8.99. The van der Waals surface area contributed by atoms with Gasteiger partial charge in [0.05, 0.1) is 5.01 Å². The van der Waals surface area contributed by atoms with Crippen molar-refractivity contribution < 1.29 is 9.90 Å². The van der Waals surface area contributed by atoms with Gasteiger partial charge in [-0.25, -0.2) is 9.78 Å². The van der Waals surface area contributed by atoms with Crippen LogP contribution in [-0.4, -0.2) is 16.1 Å². The molecule has 15 heavy (non-hydrogen) atoms. The summed E-state index contributed by atoms with van der Waals surface area (Å²) in [6.07, 6.45) is 3.47. The Morgan fingerprint density at radius 2 is 2.20 bits per heavy atom. The molecular formula is C11H15NO2S. The van der Waals surface area contributed by atoms with Crippen LogP contribution in [-0.2, 0) is 0 Å². The standard InChI is InChI=1S/C11H15NO2S/c1-6(2)10-12-8(11(13)14)9(15-10)7-4-3-5-7/h6-7H,3-5H2,1-2H3,(H,13,14). The minimum atomic E-state index is -0.875. The average molecular weight is 225 g/mol. The lowest BCUT2D eigenvalue weighted by Gasteiger charge is -2.24. The van der Waals surface area contributed by atoms with Crippen molar-refractivity contribution in [3.8, 4) is 0 Å². The van der Waals surface area contributed by atoms with E-state index >= 15 is 0 Å². The number of carboxylic acids is 1. The molecule has 0 unspecified atom stereocenters. The Kier molecular flexibility index (Phi) is 2.78. The highest BCUT2D eigenvalue weighted by Crippen LogP contribution is 2.42. The Balaban J connectivity index is 2.36. The molecule has 0 amide bonds. The lowest BCUT2D eigenvalue weighted by molar-refractivity contribution is 0.0688. The van der Waals surface area contributed by atoms with E-state index in [1.165, 1.54) is 6.42 Å². The van der Waals surface area contributed by atoms with Crippen LogP contribution in [0.3, 0.4) is 0 Å². The second-order valence-electron chi connectivity index (χ2n) is 4.35. The molecule has 1 aliphatic carbocycles. The number of thiazole rings is 1. The Hall–Kier alpha value is -0.900. The molecule has 0 atom stereocenters. The molecule has 0 aliphatic heterocycles. The van der Waals surface area contributed by atoms with Crippen LogP contribution >= 0.6 is 11.3 Å². The van der Waals surface area contributed by atoms with Crippen LogP contribution in [0.25, 0.3) is 0 Å².